The standard InChI is InChI=1S/C18H26N4O3/c1-18(16(24)25)9-4-3-7-14(18)21-15(23)13-8-10-19-17(20-13)22-11-5-2-6-12-22/h8,10,14H,2-7,9,11-12H2,1H3,(H,21,23)(H,24,25). The van der Waals surface area contributed by atoms with Crippen molar-refractivity contribution in [2.24, 2.45) is 5.41 Å². The van der Waals surface area contributed by atoms with Crippen molar-refractivity contribution in [1.82, 2.24) is 15.3 Å². The third-order valence-corrected chi connectivity index (χ3v) is 5.52. The molecule has 1 aromatic rings. The van der Waals surface area contributed by atoms with Crippen molar-refractivity contribution in [2.45, 2.75) is 57.9 Å². The molecule has 25 heavy (non-hydrogen) atoms. The zero-order valence-electron chi connectivity index (χ0n) is 14.7. The summed E-state index contributed by atoms with van der Waals surface area (Å²) in [6.45, 7) is 3.54. The van der Waals surface area contributed by atoms with Crippen LogP contribution in [0.15, 0.2) is 12.3 Å². The summed E-state index contributed by atoms with van der Waals surface area (Å²) in [6, 6.07) is 1.21. The van der Waals surface area contributed by atoms with Gasteiger partial charge in [0.05, 0.1) is 5.41 Å². The van der Waals surface area contributed by atoms with Crippen LogP contribution in [0.25, 0.3) is 0 Å². The lowest BCUT2D eigenvalue weighted by Gasteiger charge is -2.38. The molecule has 2 heterocycles. The lowest BCUT2D eigenvalue weighted by Crippen LogP contribution is -2.52. The van der Waals surface area contributed by atoms with Gasteiger partial charge in [-0.1, -0.05) is 12.8 Å². The van der Waals surface area contributed by atoms with Crippen LogP contribution in [0.2, 0.25) is 0 Å². The molecule has 0 radical (unpaired) electrons. The van der Waals surface area contributed by atoms with E-state index in [-0.39, 0.29) is 11.9 Å². The number of carboxylic acid groups (broad SMARTS) is 1. The van der Waals surface area contributed by atoms with Crippen molar-refractivity contribution < 1.29 is 14.7 Å². The van der Waals surface area contributed by atoms with Crippen LogP contribution in [0.4, 0.5) is 5.95 Å². The van der Waals surface area contributed by atoms with Gasteiger partial charge in [-0.2, -0.15) is 0 Å². The van der Waals surface area contributed by atoms with Crippen molar-refractivity contribution in [3.05, 3.63) is 18.0 Å². The highest BCUT2D eigenvalue weighted by Crippen LogP contribution is 2.36. The summed E-state index contributed by atoms with van der Waals surface area (Å²) in [7, 11) is 0. The number of carbonyl (C=O) groups is 2. The minimum Gasteiger partial charge on any atom is -0.481 e. The zero-order valence-corrected chi connectivity index (χ0v) is 14.7. The monoisotopic (exact) mass is 346 g/mol. The number of carbonyl (C=O) groups excluding carboxylic acids is 1. The number of rotatable bonds is 4. The molecule has 2 fully saturated rings. The molecule has 136 valence electrons. The van der Waals surface area contributed by atoms with Crippen LogP contribution in [-0.4, -0.2) is 46.1 Å². The van der Waals surface area contributed by atoms with Crippen molar-refractivity contribution in [2.75, 3.05) is 18.0 Å². The quantitative estimate of drug-likeness (QED) is 0.868. The molecule has 1 aliphatic carbocycles. The minimum absolute atomic E-state index is 0.300. The third kappa shape index (κ3) is 3.75. The maximum atomic E-state index is 12.6. The summed E-state index contributed by atoms with van der Waals surface area (Å²) >= 11 is 0. The maximum Gasteiger partial charge on any atom is 0.311 e. The molecule has 2 N–H and O–H groups in total. The molecule has 7 heteroatoms. The second kappa shape index (κ2) is 7.37. The van der Waals surface area contributed by atoms with Gasteiger partial charge < -0.3 is 15.3 Å². The number of aliphatic carboxylic acids is 1. The van der Waals surface area contributed by atoms with Gasteiger partial charge in [0.25, 0.3) is 5.91 Å². The fourth-order valence-corrected chi connectivity index (χ4v) is 3.77. The van der Waals surface area contributed by atoms with Gasteiger partial charge in [-0.3, -0.25) is 9.59 Å². The van der Waals surface area contributed by atoms with E-state index in [0.717, 1.165) is 38.8 Å². The van der Waals surface area contributed by atoms with E-state index in [9.17, 15) is 14.7 Å². The average Bonchev–Trinajstić information content (AvgIpc) is 2.64. The van der Waals surface area contributed by atoms with Crippen molar-refractivity contribution in [3.63, 3.8) is 0 Å². The lowest BCUT2D eigenvalue weighted by atomic mass is 9.71. The van der Waals surface area contributed by atoms with Gasteiger partial charge in [-0.05, 0) is 45.1 Å². The number of amides is 1. The number of nitrogens with one attached hydrogen (secondary N) is 1. The van der Waals surface area contributed by atoms with Gasteiger partial charge in [-0.25, -0.2) is 9.97 Å². The first-order valence-electron chi connectivity index (χ1n) is 9.13. The maximum absolute atomic E-state index is 12.6. The predicted octanol–water partition coefficient (Wildman–Crippen LogP) is 2.23. The number of hydrogen-bond donors (Lipinski definition) is 2. The molecule has 3 rings (SSSR count). The molecular weight excluding hydrogens is 320 g/mol. The van der Waals surface area contributed by atoms with Crippen LogP contribution in [0.5, 0.6) is 0 Å². The summed E-state index contributed by atoms with van der Waals surface area (Å²) in [4.78, 5) is 35.1. The first-order valence-corrected chi connectivity index (χ1v) is 9.13. The van der Waals surface area contributed by atoms with Crippen molar-refractivity contribution >= 4 is 17.8 Å². The molecular formula is C18H26N4O3. The normalized spacial score (nSPS) is 26.9. The first kappa shape index (κ1) is 17.6. The topological polar surface area (TPSA) is 95.4 Å². The number of carboxylic acids is 1. The lowest BCUT2D eigenvalue weighted by molar-refractivity contribution is -0.151. The Hall–Kier alpha value is -2.18. The molecule has 7 nitrogen and oxygen atoms in total. The van der Waals surface area contributed by atoms with E-state index < -0.39 is 11.4 Å². The number of aromatic nitrogens is 2. The van der Waals surface area contributed by atoms with Crippen LogP contribution in [0, 0.1) is 5.41 Å². The van der Waals surface area contributed by atoms with E-state index in [2.05, 4.69) is 20.2 Å². The van der Waals surface area contributed by atoms with Gasteiger partial charge in [0.2, 0.25) is 5.95 Å². The van der Waals surface area contributed by atoms with E-state index in [4.69, 9.17) is 0 Å². The van der Waals surface area contributed by atoms with Crippen molar-refractivity contribution in [3.8, 4) is 0 Å². The van der Waals surface area contributed by atoms with E-state index in [0.29, 0.717) is 24.5 Å². The van der Waals surface area contributed by atoms with Crippen LogP contribution < -0.4 is 10.2 Å². The molecule has 0 spiro atoms. The SMILES string of the molecule is CC1(C(=O)O)CCCCC1NC(=O)c1ccnc(N2CCCCC2)n1. The Labute approximate surface area is 147 Å². The Kier molecular flexibility index (Phi) is 5.20. The average molecular weight is 346 g/mol. The molecule has 2 unspecified atom stereocenters. The molecule has 1 amide bonds. The largest absolute Gasteiger partial charge is 0.481 e. The molecule has 1 aliphatic heterocycles. The molecule has 2 aliphatic rings. The Bertz CT molecular complexity index is 645. The van der Waals surface area contributed by atoms with Gasteiger partial charge >= 0.3 is 5.97 Å². The molecule has 2 atom stereocenters. The number of nitrogens with zero attached hydrogens (tertiary/aromatic N) is 3. The number of hydrogen-bond acceptors (Lipinski definition) is 5. The van der Waals surface area contributed by atoms with Crippen LogP contribution in [0.1, 0.15) is 62.4 Å². The fourth-order valence-electron chi connectivity index (χ4n) is 3.77. The predicted molar refractivity (Wildman–Crippen MR) is 93.6 cm³/mol. The van der Waals surface area contributed by atoms with E-state index in [1.807, 2.05) is 0 Å². The van der Waals surface area contributed by atoms with Gasteiger partial charge in [0.1, 0.15) is 5.69 Å². The Morgan fingerprint density at radius 3 is 2.72 bits per heavy atom. The minimum atomic E-state index is -0.920. The highest BCUT2D eigenvalue weighted by atomic mass is 16.4. The van der Waals surface area contributed by atoms with Gasteiger partial charge in [0.15, 0.2) is 0 Å². The number of anilines is 1. The van der Waals surface area contributed by atoms with E-state index >= 15 is 0 Å². The highest BCUT2D eigenvalue weighted by molar-refractivity contribution is 5.93. The van der Waals surface area contributed by atoms with Crippen molar-refractivity contribution in [1.29, 1.82) is 0 Å². The first-order chi connectivity index (χ1) is 12.0. The summed E-state index contributed by atoms with van der Waals surface area (Å²) in [5.41, 5.74) is -0.620. The summed E-state index contributed by atoms with van der Waals surface area (Å²) in [5.74, 6) is -0.591. The second-order valence-corrected chi connectivity index (χ2v) is 7.28. The summed E-state index contributed by atoms with van der Waals surface area (Å²) < 4.78 is 0. The molecule has 1 saturated heterocycles. The van der Waals surface area contributed by atoms with E-state index in [1.165, 1.54) is 6.42 Å². The summed E-state index contributed by atoms with van der Waals surface area (Å²) in [5, 5.41) is 12.5. The highest BCUT2D eigenvalue weighted by Gasteiger charge is 2.44. The fraction of sp³-hybridized carbons (Fsp3) is 0.667. The molecule has 0 aromatic carbocycles. The Morgan fingerprint density at radius 1 is 1.24 bits per heavy atom. The van der Waals surface area contributed by atoms with E-state index in [1.54, 1.807) is 19.2 Å². The zero-order chi connectivity index (χ0) is 17.9. The summed E-state index contributed by atoms with van der Waals surface area (Å²) in [6.07, 6.45) is 8.10. The van der Waals surface area contributed by atoms with Crippen LogP contribution in [0.3, 0.4) is 0 Å². The van der Waals surface area contributed by atoms with Crippen LogP contribution >= 0.6 is 0 Å². The Morgan fingerprint density at radius 2 is 2.00 bits per heavy atom. The molecule has 0 bridgehead atoms. The number of piperidine rings is 1. The Balaban J connectivity index is 1.73. The smallest absolute Gasteiger partial charge is 0.311 e. The van der Waals surface area contributed by atoms with Gasteiger partial charge in [0, 0.05) is 25.3 Å². The van der Waals surface area contributed by atoms with Gasteiger partial charge in [-0.15, -0.1) is 0 Å². The molecule has 1 aromatic heterocycles. The van der Waals surface area contributed by atoms with Crippen LogP contribution in [-0.2, 0) is 4.79 Å². The second-order valence-electron chi connectivity index (χ2n) is 7.28. The third-order valence-electron chi connectivity index (χ3n) is 5.52. The molecule has 1 saturated carbocycles.